The van der Waals surface area contributed by atoms with Crippen molar-refractivity contribution < 1.29 is 4.74 Å². The predicted molar refractivity (Wildman–Crippen MR) is 57.1 cm³/mol. The van der Waals surface area contributed by atoms with Crippen LogP contribution in [0.3, 0.4) is 0 Å². The lowest BCUT2D eigenvalue weighted by molar-refractivity contribution is 0.191. The lowest BCUT2D eigenvalue weighted by atomic mass is 10.3. The first kappa shape index (κ1) is 11.7. The number of aryl methyl sites for hydroxylation is 1. The first-order chi connectivity index (χ1) is 7.16. The Bertz CT molecular complexity index is 419. The minimum Gasteiger partial charge on any atom is -0.385 e. The molecule has 0 atom stereocenters. The molecule has 0 fully saturated rings. The first-order valence-corrected chi connectivity index (χ1v) is 4.92. The summed E-state index contributed by atoms with van der Waals surface area (Å²) >= 11 is 0. The van der Waals surface area contributed by atoms with E-state index in [-0.39, 0.29) is 11.2 Å². The maximum Gasteiger partial charge on any atom is 0.330 e. The van der Waals surface area contributed by atoms with Crippen molar-refractivity contribution in [3.63, 3.8) is 0 Å². The fraction of sp³-hybridized carbons (Fsp3) is 0.600. The lowest BCUT2D eigenvalue weighted by Crippen LogP contribution is -2.37. The van der Waals surface area contributed by atoms with Gasteiger partial charge in [0.05, 0.1) is 0 Å². The Balaban J connectivity index is 2.72. The SMILES string of the molecule is COCCCCn1c(=O)ccn(C)c1=O. The normalized spacial score (nSPS) is 10.5. The molecule has 0 bridgehead atoms. The highest BCUT2D eigenvalue weighted by Crippen LogP contribution is 1.90. The van der Waals surface area contributed by atoms with E-state index < -0.39 is 0 Å². The quantitative estimate of drug-likeness (QED) is 0.644. The smallest absolute Gasteiger partial charge is 0.330 e. The standard InChI is InChI=1S/C10H16N2O3/c1-11-7-5-9(13)12(10(11)14)6-3-4-8-15-2/h5,7H,3-4,6,8H2,1-2H3. The van der Waals surface area contributed by atoms with E-state index in [2.05, 4.69) is 0 Å². The summed E-state index contributed by atoms with van der Waals surface area (Å²) in [5.41, 5.74) is -0.504. The molecule has 84 valence electrons. The maximum absolute atomic E-state index is 11.5. The van der Waals surface area contributed by atoms with Crippen LogP contribution in [0, 0.1) is 0 Å². The summed E-state index contributed by atoms with van der Waals surface area (Å²) in [7, 11) is 3.27. The Morgan fingerprint density at radius 1 is 1.33 bits per heavy atom. The van der Waals surface area contributed by atoms with Crippen LogP contribution in [-0.2, 0) is 18.3 Å². The third kappa shape index (κ3) is 3.06. The molecule has 15 heavy (non-hydrogen) atoms. The summed E-state index contributed by atoms with van der Waals surface area (Å²) in [6.07, 6.45) is 3.10. The van der Waals surface area contributed by atoms with Crippen LogP contribution in [-0.4, -0.2) is 22.9 Å². The summed E-state index contributed by atoms with van der Waals surface area (Å²) in [5.74, 6) is 0. The van der Waals surface area contributed by atoms with Gasteiger partial charge in [0, 0.05) is 39.6 Å². The molecule has 5 heteroatoms. The number of aromatic nitrogens is 2. The molecule has 1 rings (SSSR count). The van der Waals surface area contributed by atoms with E-state index in [1.165, 1.54) is 21.4 Å². The molecule has 0 N–H and O–H groups in total. The minimum atomic E-state index is -0.264. The zero-order chi connectivity index (χ0) is 11.3. The fourth-order valence-electron chi connectivity index (χ4n) is 1.34. The monoisotopic (exact) mass is 212 g/mol. The van der Waals surface area contributed by atoms with Gasteiger partial charge in [-0.25, -0.2) is 4.79 Å². The van der Waals surface area contributed by atoms with E-state index in [1.807, 2.05) is 0 Å². The lowest BCUT2D eigenvalue weighted by Gasteiger charge is -2.05. The summed E-state index contributed by atoms with van der Waals surface area (Å²) in [6.45, 7) is 1.11. The third-order valence-corrected chi connectivity index (χ3v) is 2.22. The van der Waals surface area contributed by atoms with Gasteiger partial charge in [-0.1, -0.05) is 0 Å². The summed E-state index contributed by atoms with van der Waals surface area (Å²) < 4.78 is 7.54. The third-order valence-electron chi connectivity index (χ3n) is 2.22. The molecule has 1 aromatic rings. The van der Waals surface area contributed by atoms with Gasteiger partial charge in [0.1, 0.15) is 0 Å². The Hall–Kier alpha value is -1.36. The highest BCUT2D eigenvalue weighted by atomic mass is 16.5. The first-order valence-electron chi connectivity index (χ1n) is 4.92. The predicted octanol–water partition coefficient (Wildman–Crippen LogP) is -0.0264. The van der Waals surface area contributed by atoms with Crippen LogP contribution < -0.4 is 11.2 Å². The number of ether oxygens (including phenoxy) is 1. The van der Waals surface area contributed by atoms with E-state index in [9.17, 15) is 9.59 Å². The van der Waals surface area contributed by atoms with Crippen molar-refractivity contribution in [1.29, 1.82) is 0 Å². The average molecular weight is 212 g/mol. The van der Waals surface area contributed by atoms with E-state index >= 15 is 0 Å². The van der Waals surface area contributed by atoms with Crippen LogP contribution in [0.2, 0.25) is 0 Å². The van der Waals surface area contributed by atoms with Crippen LogP contribution >= 0.6 is 0 Å². The van der Waals surface area contributed by atoms with Crippen molar-refractivity contribution in [2.45, 2.75) is 19.4 Å². The largest absolute Gasteiger partial charge is 0.385 e. The van der Waals surface area contributed by atoms with Crippen LogP contribution in [0.25, 0.3) is 0 Å². The molecular weight excluding hydrogens is 196 g/mol. The van der Waals surface area contributed by atoms with Crippen LogP contribution in [0.15, 0.2) is 21.9 Å². The zero-order valence-electron chi connectivity index (χ0n) is 9.10. The number of hydrogen-bond acceptors (Lipinski definition) is 3. The second kappa shape index (κ2) is 5.50. The molecule has 5 nitrogen and oxygen atoms in total. The molecule has 0 aliphatic rings. The van der Waals surface area contributed by atoms with Gasteiger partial charge in [0.15, 0.2) is 0 Å². The van der Waals surface area contributed by atoms with Gasteiger partial charge >= 0.3 is 5.69 Å². The van der Waals surface area contributed by atoms with Crippen LogP contribution in [0.1, 0.15) is 12.8 Å². The number of rotatable bonds is 5. The summed E-state index contributed by atoms with van der Waals surface area (Å²) in [5, 5.41) is 0. The molecule has 0 radical (unpaired) electrons. The Kier molecular flexibility index (Phi) is 4.30. The van der Waals surface area contributed by atoms with Gasteiger partial charge in [-0.2, -0.15) is 0 Å². The molecular formula is C10H16N2O3. The minimum absolute atomic E-state index is 0.240. The second-order valence-corrected chi connectivity index (χ2v) is 3.40. The van der Waals surface area contributed by atoms with Gasteiger partial charge in [0.25, 0.3) is 5.56 Å². The van der Waals surface area contributed by atoms with E-state index in [4.69, 9.17) is 4.74 Å². The van der Waals surface area contributed by atoms with Crippen molar-refractivity contribution in [3.05, 3.63) is 33.1 Å². The van der Waals surface area contributed by atoms with Gasteiger partial charge in [0.2, 0.25) is 0 Å². The molecule has 0 spiro atoms. The Morgan fingerprint density at radius 2 is 2.07 bits per heavy atom. The highest BCUT2D eigenvalue weighted by molar-refractivity contribution is 4.85. The van der Waals surface area contributed by atoms with Crippen molar-refractivity contribution in [2.24, 2.45) is 7.05 Å². The molecule has 0 aliphatic carbocycles. The zero-order valence-corrected chi connectivity index (χ0v) is 9.10. The Morgan fingerprint density at radius 3 is 2.73 bits per heavy atom. The highest BCUT2D eigenvalue weighted by Gasteiger charge is 2.01. The number of nitrogens with zero attached hydrogens (tertiary/aromatic N) is 2. The molecule has 0 saturated carbocycles. The number of hydrogen-bond donors (Lipinski definition) is 0. The van der Waals surface area contributed by atoms with Gasteiger partial charge in [-0.15, -0.1) is 0 Å². The van der Waals surface area contributed by atoms with Crippen molar-refractivity contribution >= 4 is 0 Å². The van der Waals surface area contributed by atoms with Gasteiger partial charge < -0.3 is 9.30 Å². The number of unbranched alkanes of at least 4 members (excludes halogenated alkanes) is 1. The second-order valence-electron chi connectivity index (χ2n) is 3.40. The number of methoxy groups -OCH3 is 1. The molecule has 0 aliphatic heterocycles. The molecule has 0 unspecified atom stereocenters. The Labute approximate surface area is 87.9 Å². The molecule has 1 aromatic heterocycles. The molecule has 1 heterocycles. The van der Waals surface area contributed by atoms with E-state index in [1.54, 1.807) is 14.2 Å². The van der Waals surface area contributed by atoms with Crippen molar-refractivity contribution in [2.75, 3.05) is 13.7 Å². The maximum atomic E-state index is 11.5. The van der Waals surface area contributed by atoms with Gasteiger partial charge in [-0.05, 0) is 12.8 Å². The van der Waals surface area contributed by atoms with E-state index in [0.717, 1.165) is 12.8 Å². The molecule has 0 saturated heterocycles. The summed E-state index contributed by atoms with van der Waals surface area (Å²) in [6, 6.07) is 1.40. The molecule has 0 aromatic carbocycles. The molecule has 0 amide bonds. The van der Waals surface area contributed by atoms with Crippen LogP contribution in [0.4, 0.5) is 0 Å². The van der Waals surface area contributed by atoms with Crippen molar-refractivity contribution in [3.8, 4) is 0 Å². The van der Waals surface area contributed by atoms with Crippen molar-refractivity contribution in [1.82, 2.24) is 9.13 Å². The average Bonchev–Trinajstić information content (AvgIpc) is 2.23. The van der Waals surface area contributed by atoms with Gasteiger partial charge in [-0.3, -0.25) is 9.36 Å². The fourth-order valence-corrected chi connectivity index (χ4v) is 1.34. The van der Waals surface area contributed by atoms with Crippen LogP contribution in [0.5, 0.6) is 0 Å². The van der Waals surface area contributed by atoms with E-state index in [0.29, 0.717) is 13.2 Å². The topological polar surface area (TPSA) is 53.2 Å². The summed E-state index contributed by atoms with van der Waals surface area (Å²) in [4.78, 5) is 22.9.